The van der Waals surface area contributed by atoms with Crippen LogP contribution in [0.25, 0.3) is 0 Å². The first-order chi connectivity index (χ1) is 11.4. The summed E-state index contributed by atoms with van der Waals surface area (Å²) in [7, 11) is 0. The van der Waals surface area contributed by atoms with Crippen molar-refractivity contribution in [1.82, 2.24) is 4.98 Å². The Labute approximate surface area is 140 Å². The van der Waals surface area contributed by atoms with E-state index in [1.54, 1.807) is 29.2 Å². The van der Waals surface area contributed by atoms with Gasteiger partial charge < -0.3 is 13.7 Å². The van der Waals surface area contributed by atoms with Crippen molar-refractivity contribution in [1.29, 1.82) is 0 Å². The summed E-state index contributed by atoms with van der Waals surface area (Å²) in [5.41, 5.74) is -0.896. The van der Waals surface area contributed by atoms with Crippen LogP contribution in [-0.2, 0) is 19.3 Å². The van der Waals surface area contributed by atoms with Gasteiger partial charge >= 0.3 is 6.18 Å². The van der Waals surface area contributed by atoms with Crippen molar-refractivity contribution >= 4 is 17.4 Å². The van der Waals surface area contributed by atoms with Crippen LogP contribution in [-0.4, -0.2) is 4.98 Å². The summed E-state index contributed by atoms with van der Waals surface area (Å²) < 4.78 is 48.9. The lowest BCUT2D eigenvalue weighted by atomic mass is 10.2. The van der Waals surface area contributed by atoms with Crippen LogP contribution in [0.5, 0.6) is 0 Å². The molecule has 0 amide bonds. The molecular formula is C16H12ClF3N2O2. The van der Waals surface area contributed by atoms with E-state index in [-0.39, 0.29) is 23.9 Å². The first-order valence-electron chi connectivity index (χ1n) is 6.96. The third-order valence-corrected chi connectivity index (χ3v) is 3.58. The molecule has 126 valence electrons. The number of aromatic nitrogens is 1. The molecule has 0 aromatic carbocycles. The van der Waals surface area contributed by atoms with Crippen molar-refractivity contribution in [2.45, 2.75) is 19.3 Å². The average molecular weight is 357 g/mol. The van der Waals surface area contributed by atoms with Gasteiger partial charge in [0.1, 0.15) is 17.3 Å². The predicted molar refractivity (Wildman–Crippen MR) is 81.6 cm³/mol. The zero-order valence-electron chi connectivity index (χ0n) is 12.3. The van der Waals surface area contributed by atoms with Crippen LogP contribution in [0.2, 0.25) is 5.02 Å². The van der Waals surface area contributed by atoms with Crippen LogP contribution in [0.1, 0.15) is 17.1 Å². The van der Waals surface area contributed by atoms with Gasteiger partial charge in [0, 0.05) is 6.20 Å². The monoisotopic (exact) mass is 356 g/mol. The van der Waals surface area contributed by atoms with Gasteiger partial charge in [-0.15, -0.1) is 0 Å². The van der Waals surface area contributed by atoms with Crippen molar-refractivity contribution in [3.63, 3.8) is 0 Å². The highest BCUT2D eigenvalue weighted by Gasteiger charge is 2.32. The predicted octanol–water partition coefficient (Wildman–Crippen LogP) is 5.15. The molecule has 0 aliphatic heterocycles. The van der Waals surface area contributed by atoms with Crippen molar-refractivity contribution in [3.05, 3.63) is 71.2 Å². The number of nitrogens with zero attached hydrogens (tertiary/aromatic N) is 2. The highest BCUT2D eigenvalue weighted by atomic mass is 35.5. The SMILES string of the molecule is FC(F)(F)c1cnc(N(Cc2ccco2)Cc2ccco2)c(Cl)c1. The van der Waals surface area contributed by atoms with Crippen molar-refractivity contribution in [2.24, 2.45) is 0 Å². The van der Waals surface area contributed by atoms with Crippen molar-refractivity contribution < 1.29 is 22.0 Å². The minimum Gasteiger partial charge on any atom is -0.467 e. The minimum absolute atomic E-state index is 0.0945. The fourth-order valence-electron chi connectivity index (χ4n) is 2.21. The first kappa shape index (κ1) is 16.4. The second-order valence-electron chi connectivity index (χ2n) is 5.04. The first-order valence-corrected chi connectivity index (χ1v) is 7.34. The number of halogens is 4. The van der Waals surface area contributed by atoms with Gasteiger partial charge in [0.2, 0.25) is 0 Å². The maximum absolute atomic E-state index is 12.8. The summed E-state index contributed by atoms with van der Waals surface area (Å²) in [4.78, 5) is 5.58. The Kier molecular flexibility index (Phi) is 4.53. The molecule has 4 nitrogen and oxygen atoms in total. The topological polar surface area (TPSA) is 42.4 Å². The van der Waals surface area contributed by atoms with Crippen molar-refractivity contribution in [2.75, 3.05) is 4.90 Å². The zero-order chi connectivity index (χ0) is 17.2. The number of rotatable bonds is 5. The molecule has 0 saturated carbocycles. The van der Waals surface area contributed by atoms with E-state index in [2.05, 4.69) is 4.98 Å². The molecule has 0 fully saturated rings. The normalized spacial score (nSPS) is 11.7. The molecule has 0 unspecified atom stereocenters. The lowest BCUT2D eigenvalue weighted by molar-refractivity contribution is -0.137. The second-order valence-corrected chi connectivity index (χ2v) is 5.45. The maximum atomic E-state index is 12.8. The van der Waals surface area contributed by atoms with Gasteiger partial charge in [-0.05, 0) is 30.3 Å². The van der Waals surface area contributed by atoms with Crippen LogP contribution in [0.15, 0.2) is 57.9 Å². The van der Waals surface area contributed by atoms with E-state index in [1.807, 2.05) is 0 Å². The third-order valence-electron chi connectivity index (χ3n) is 3.30. The molecule has 0 atom stereocenters. The van der Waals surface area contributed by atoms with E-state index in [1.165, 1.54) is 12.5 Å². The highest BCUT2D eigenvalue weighted by molar-refractivity contribution is 6.33. The van der Waals surface area contributed by atoms with Gasteiger partial charge in [-0.3, -0.25) is 0 Å². The lowest BCUT2D eigenvalue weighted by Gasteiger charge is -2.23. The summed E-state index contributed by atoms with van der Waals surface area (Å²) in [6, 6.07) is 7.83. The van der Waals surface area contributed by atoms with Crippen LogP contribution in [0.4, 0.5) is 19.0 Å². The Morgan fingerprint density at radius 3 is 2.04 bits per heavy atom. The van der Waals surface area contributed by atoms with E-state index >= 15 is 0 Å². The van der Waals surface area contributed by atoms with Crippen LogP contribution in [0.3, 0.4) is 0 Å². The Morgan fingerprint density at radius 1 is 1.04 bits per heavy atom. The molecule has 3 rings (SSSR count). The molecule has 0 spiro atoms. The van der Waals surface area contributed by atoms with Crippen molar-refractivity contribution in [3.8, 4) is 0 Å². The van der Waals surface area contributed by atoms with E-state index in [0.29, 0.717) is 11.5 Å². The summed E-state index contributed by atoms with van der Waals surface area (Å²) in [6.45, 7) is 0.567. The molecule has 0 aliphatic carbocycles. The van der Waals surface area contributed by atoms with Gasteiger partial charge in [-0.25, -0.2) is 4.98 Å². The Hall–Kier alpha value is -2.41. The summed E-state index contributed by atoms with van der Waals surface area (Å²) in [6.07, 6.45) is -0.703. The molecule has 3 heterocycles. The zero-order valence-corrected chi connectivity index (χ0v) is 13.0. The van der Waals surface area contributed by atoms with E-state index < -0.39 is 11.7 Å². The molecule has 0 N–H and O–H groups in total. The molecule has 0 radical (unpaired) electrons. The Morgan fingerprint density at radius 2 is 1.62 bits per heavy atom. The highest BCUT2D eigenvalue weighted by Crippen LogP contribution is 2.34. The fourth-order valence-corrected chi connectivity index (χ4v) is 2.49. The molecule has 0 saturated heterocycles. The van der Waals surface area contributed by atoms with Gasteiger partial charge in [0.25, 0.3) is 0 Å². The smallest absolute Gasteiger partial charge is 0.417 e. The van der Waals surface area contributed by atoms with Gasteiger partial charge in [-0.1, -0.05) is 11.6 Å². The molecule has 0 bridgehead atoms. The maximum Gasteiger partial charge on any atom is 0.417 e. The fraction of sp³-hybridized carbons (Fsp3) is 0.188. The van der Waals surface area contributed by atoms with Crippen LogP contribution < -0.4 is 4.90 Å². The Balaban J connectivity index is 1.92. The standard InChI is InChI=1S/C16H12ClF3N2O2/c17-14-7-11(16(18,19)20)8-21-15(14)22(9-12-3-1-5-23-12)10-13-4-2-6-24-13/h1-8H,9-10H2. The van der Waals surface area contributed by atoms with E-state index in [4.69, 9.17) is 20.4 Å². The number of hydrogen-bond acceptors (Lipinski definition) is 4. The number of furan rings is 2. The van der Waals surface area contributed by atoms with Gasteiger partial charge in [0.05, 0.1) is 36.2 Å². The quantitative estimate of drug-likeness (QED) is 0.634. The van der Waals surface area contributed by atoms with Crippen LogP contribution >= 0.6 is 11.6 Å². The summed E-state index contributed by atoms with van der Waals surface area (Å²) in [5.74, 6) is 1.47. The molecular weight excluding hydrogens is 345 g/mol. The molecule has 24 heavy (non-hydrogen) atoms. The third kappa shape index (κ3) is 3.73. The summed E-state index contributed by atoms with van der Waals surface area (Å²) in [5, 5.41) is -0.0945. The molecule has 3 aromatic heterocycles. The lowest BCUT2D eigenvalue weighted by Crippen LogP contribution is -2.23. The average Bonchev–Trinajstić information content (AvgIpc) is 3.19. The molecule has 0 aliphatic rings. The summed E-state index contributed by atoms with van der Waals surface area (Å²) >= 11 is 6.05. The molecule has 3 aromatic rings. The van der Waals surface area contributed by atoms with Gasteiger partial charge in [0.15, 0.2) is 0 Å². The number of pyridine rings is 1. The largest absolute Gasteiger partial charge is 0.467 e. The number of alkyl halides is 3. The van der Waals surface area contributed by atoms with Crippen LogP contribution in [0, 0.1) is 0 Å². The Bertz CT molecular complexity index is 750. The minimum atomic E-state index is -4.50. The second kappa shape index (κ2) is 6.60. The molecule has 8 heteroatoms. The van der Waals surface area contributed by atoms with E-state index in [0.717, 1.165) is 12.3 Å². The van der Waals surface area contributed by atoms with Gasteiger partial charge in [-0.2, -0.15) is 13.2 Å². The van der Waals surface area contributed by atoms with E-state index in [9.17, 15) is 13.2 Å². The number of anilines is 1. The number of hydrogen-bond donors (Lipinski definition) is 0.